The zero-order valence-corrected chi connectivity index (χ0v) is 19.3. The molecule has 1 heterocycles. The van der Waals surface area contributed by atoms with Gasteiger partial charge in [-0.2, -0.15) is 0 Å². The first-order chi connectivity index (χ1) is 16.8. The van der Waals surface area contributed by atoms with Gasteiger partial charge in [0.1, 0.15) is 11.5 Å². The van der Waals surface area contributed by atoms with E-state index in [0.29, 0.717) is 22.4 Å². The van der Waals surface area contributed by atoms with Gasteiger partial charge in [-0.25, -0.2) is 4.79 Å². The lowest BCUT2D eigenvalue weighted by molar-refractivity contribution is -0.140. The summed E-state index contributed by atoms with van der Waals surface area (Å²) >= 11 is 0. The maximum Gasteiger partial charge on any atom is 0.335 e. The number of ether oxygens (including phenoxy) is 1. The van der Waals surface area contributed by atoms with E-state index in [9.17, 15) is 19.5 Å². The van der Waals surface area contributed by atoms with Crippen molar-refractivity contribution in [2.24, 2.45) is 0 Å². The summed E-state index contributed by atoms with van der Waals surface area (Å²) in [6, 6.07) is 21.0. The molecule has 1 saturated heterocycles. The van der Waals surface area contributed by atoms with Gasteiger partial charge in [-0.3, -0.25) is 9.59 Å². The highest BCUT2D eigenvalue weighted by Crippen LogP contribution is 2.40. The van der Waals surface area contributed by atoms with E-state index < -0.39 is 23.7 Å². The zero-order valence-electron chi connectivity index (χ0n) is 19.3. The van der Waals surface area contributed by atoms with Crippen LogP contribution in [0.5, 0.6) is 5.75 Å². The van der Waals surface area contributed by atoms with E-state index in [2.05, 4.69) is 0 Å². The molecule has 1 aliphatic rings. The largest absolute Gasteiger partial charge is 0.507 e. The Bertz CT molecular complexity index is 1280. The molecule has 0 bridgehead atoms. The zero-order chi connectivity index (χ0) is 25.1. The number of rotatable bonds is 7. The quantitative estimate of drug-likeness (QED) is 0.292. The second-order valence-electron chi connectivity index (χ2n) is 8.53. The molecule has 178 valence electrons. The van der Waals surface area contributed by atoms with Crippen LogP contribution < -0.4 is 4.74 Å². The molecule has 35 heavy (non-hydrogen) atoms. The number of Topliss-reactive ketones (excluding diaryl/α,β-unsaturated/α-hetero) is 1. The van der Waals surface area contributed by atoms with E-state index >= 15 is 0 Å². The number of aromatic carboxylic acids is 1. The molecule has 3 aromatic rings. The van der Waals surface area contributed by atoms with Crippen LogP contribution >= 0.6 is 0 Å². The van der Waals surface area contributed by atoms with Crippen molar-refractivity contribution in [3.63, 3.8) is 0 Å². The molecule has 0 spiro atoms. The van der Waals surface area contributed by atoms with E-state index in [1.807, 2.05) is 19.9 Å². The standard InChI is InChI=1S/C28H25NO6/c1-17(2)35-22-14-12-20(13-15-22)25(30)23-24(19-6-4-3-5-7-19)29(27(32)26(23)31)16-18-8-10-21(11-9-18)28(33)34/h3-15,17,24,30H,16H2,1-2H3,(H,33,34)/b25-23+. The van der Waals surface area contributed by atoms with E-state index in [0.717, 1.165) is 0 Å². The molecule has 7 heteroatoms. The van der Waals surface area contributed by atoms with Crippen LogP contribution in [0, 0.1) is 0 Å². The van der Waals surface area contributed by atoms with Gasteiger partial charge in [0.25, 0.3) is 11.7 Å². The number of carboxylic acid groups (broad SMARTS) is 1. The minimum atomic E-state index is -1.05. The maximum atomic E-state index is 13.1. The monoisotopic (exact) mass is 471 g/mol. The summed E-state index contributed by atoms with van der Waals surface area (Å²) in [7, 11) is 0. The summed E-state index contributed by atoms with van der Waals surface area (Å²) < 4.78 is 5.65. The summed E-state index contributed by atoms with van der Waals surface area (Å²) in [5.74, 6) is -2.20. The number of aliphatic hydroxyl groups is 1. The number of aliphatic hydroxyl groups excluding tert-OH is 1. The molecule has 2 N–H and O–H groups in total. The first kappa shape index (κ1) is 23.8. The first-order valence-electron chi connectivity index (χ1n) is 11.2. The van der Waals surface area contributed by atoms with Gasteiger partial charge < -0.3 is 19.8 Å². The number of nitrogens with zero attached hydrogens (tertiary/aromatic N) is 1. The molecule has 3 aromatic carbocycles. The van der Waals surface area contributed by atoms with Gasteiger partial charge in [0.2, 0.25) is 0 Å². The molecular weight excluding hydrogens is 446 g/mol. The van der Waals surface area contributed by atoms with Gasteiger partial charge in [-0.1, -0.05) is 42.5 Å². The second kappa shape index (κ2) is 9.85. The number of likely N-dealkylation sites (tertiary alicyclic amines) is 1. The number of ketones is 1. The lowest BCUT2D eigenvalue weighted by Crippen LogP contribution is -2.29. The Hall–Kier alpha value is -4.39. The van der Waals surface area contributed by atoms with E-state index in [4.69, 9.17) is 9.84 Å². The van der Waals surface area contributed by atoms with Gasteiger partial charge >= 0.3 is 5.97 Å². The second-order valence-corrected chi connectivity index (χ2v) is 8.53. The number of benzene rings is 3. The number of carbonyl (C=O) groups is 3. The van der Waals surface area contributed by atoms with Crippen LogP contribution in [0.2, 0.25) is 0 Å². The number of carboxylic acids is 1. The minimum absolute atomic E-state index is 0.000819. The molecule has 1 unspecified atom stereocenters. The van der Waals surface area contributed by atoms with Crippen molar-refractivity contribution in [3.05, 3.63) is 107 Å². The number of carbonyl (C=O) groups excluding carboxylic acids is 2. The normalized spacial score (nSPS) is 17.1. The molecule has 4 rings (SSSR count). The Morgan fingerprint density at radius 2 is 1.49 bits per heavy atom. The van der Waals surface area contributed by atoms with Gasteiger partial charge in [0.05, 0.1) is 23.3 Å². The molecule has 1 atom stereocenters. The molecule has 1 aliphatic heterocycles. The fourth-order valence-corrected chi connectivity index (χ4v) is 4.09. The first-order valence-corrected chi connectivity index (χ1v) is 11.2. The van der Waals surface area contributed by atoms with Gasteiger partial charge in [0.15, 0.2) is 0 Å². The van der Waals surface area contributed by atoms with Gasteiger partial charge in [-0.05, 0) is 61.4 Å². The van der Waals surface area contributed by atoms with Crippen LogP contribution in [0.1, 0.15) is 46.9 Å². The van der Waals surface area contributed by atoms with Crippen LogP contribution in [0.4, 0.5) is 0 Å². The fraction of sp³-hybridized carbons (Fsp3) is 0.179. The van der Waals surface area contributed by atoms with Crippen LogP contribution in [-0.4, -0.2) is 38.9 Å². The van der Waals surface area contributed by atoms with E-state index in [1.165, 1.54) is 17.0 Å². The lowest BCUT2D eigenvalue weighted by atomic mass is 9.95. The van der Waals surface area contributed by atoms with Crippen LogP contribution in [0.15, 0.2) is 84.4 Å². The van der Waals surface area contributed by atoms with Crippen molar-refractivity contribution < 1.29 is 29.3 Å². The Morgan fingerprint density at radius 3 is 2.06 bits per heavy atom. The summed E-state index contributed by atoms with van der Waals surface area (Å²) in [5, 5.41) is 20.3. The lowest BCUT2D eigenvalue weighted by Gasteiger charge is -2.25. The molecule has 0 aromatic heterocycles. The minimum Gasteiger partial charge on any atom is -0.507 e. The fourth-order valence-electron chi connectivity index (χ4n) is 4.09. The molecular formula is C28H25NO6. The number of amides is 1. The Balaban J connectivity index is 1.75. The third kappa shape index (κ3) is 4.94. The summed E-state index contributed by atoms with van der Waals surface area (Å²) in [6.07, 6.45) is -0.0117. The molecule has 0 saturated carbocycles. The Labute approximate surface area is 202 Å². The highest BCUT2D eigenvalue weighted by Gasteiger charge is 2.46. The van der Waals surface area contributed by atoms with Crippen molar-refractivity contribution in [3.8, 4) is 5.75 Å². The number of hydrogen-bond donors (Lipinski definition) is 2. The Morgan fingerprint density at radius 1 is 0.886 bits per heavy atom. The molecule has 0 radical (unpaired) electrons. The molecule has 0 aliphatic carbocycles. The third-order valence-electron chi connectivity index (χ3n) is 5.71. The average Bonchev–Trinajstić information content (AvgIpc) is 3.09. The molecule has 1 amide bonds. The van der Waals surface area contributed by atoms with Crippen molar-refractivity contribution in [2.45, 2.75) is 32.5 Å². The van der Waals surface area contributed by atoms with E-state index in [-0.39, 0.29) is 29.5 Å². The highest BCUT2D eigenvalue weighted by atomic mass is 16.5. The van der Waals surface area contributed by atoms with Crippen molar-refractivity contribution in [2.75, 3.05) is 0 Å². The predicted octanol–water partition coefficient (Wildman–Crippen LogP) is 4.79. The van der Waals surface area contributed by atoms with E-state index in [1.54, 1.807) is 60.7 Å². The highest BCUT2D eigenvalue weighted by molar-refractivity contribution is 6.46. The van der Waals surface area contributed by atoms with Gasteiger partial charge in [0, 0.05) is 12.1 Å². The summed E-state index contributed by atoms with van der Waals surface area (Å²) in [5.41, 5.74) is 1.86. The third-order valence-corrected chi connectivity index (χ3v) is 5.71. The van der Waals surface area contributed by atoms with Crippen molar-refractivity contribution >= 4 is 23.4 Å². The topological polar surface area (TPSA) is 104 Å². The maximum absolute atomic E-state index is 13.1. The Kier molecular flexibility index (Phi) is 6.68. The average molecular weight is 472 g/mol. The predicted molar refractivity (Wildman–Crippen MR) is 130 cm³/mol. The smallest absolute Gasteiger partial charge is 0.335 e. The number of hydrogen-bond acceptors (Lipinski definition) is 5. The molecule has 1 fully saturated rings. The van der Waals surface area contributed by atoms with Crippen molar-refractivity contribution in [1.29, 1.82) is 0 Å². The van der Waals surface area contributed by atoms with Crippen molar-refractivity contribution in [1.82, 2.24) is 4.90 Å². The van der Waals surface area contributed by atoms with Crippen LogP contribution in [0.3, 0.4) is 0 Å². The van der Waals surface area contributed by atoms with Crippen LogP contribution in [-0.2, 0) is 16.1 Å². The SMILES string of the molecule is CC(C)Oc1ccc(/C(O)=C2\C(=O)C(=O)N(Cc3ccc(C(=O)O)cc3)C2c2ccccc2)cc1. The summed E-state index contributed by atoms with van der Waals surface area (Å²) in [6.45, 7) is 3.89. The summed E-state index contributed by atoms with van der Waals surface area (Å²) in [4.78, 5) is 38.8. The molecule has 7 nitrogen and oxygen atoms in total. The van der Waals surface area contributed by atoms with Gasteiger partial charge in [-0.15, -0.1) is 0 Å². The van der Waals surface area contributed by atoms with Crippen LogP contribution in [0.25, 0.3) is 5.76 Å².